The molecule has 162 valence electrons. The highest BCUT2D eigenvalue weighted by Crippen LogP contribution is 2.01. The summed E-state index contributed by atoms with van der Waals surface area (Å²) in [4.78, 5) is 39.7. The van der Waals surface area contributed by atoms with Crippen molar-refractivity contribution in [3.8, 4) is 0 Å². The molecule has 7 nitrogen and oxygen atoms in total. The number of aromatic nitrogens is 2. The lowest BCUT2D eigenvalue weighted by Crippen LogP contribution is -2.28. The molecule has 3 rings (SSSR count). The molecule has 1 heterocycles. The smallest absolute Gasteiger partial charge is 0.255 e. The molecule has 0 fully saturated rings. The average Bonchev–Trinajstić information content (AvgIpc) is 3.07. The Morgan fingerprint density at radius 2 is 1.52 bits per heavy atom. The highest BCUT2D eigenvalue weighted by molar-refractivity contribution is 7.78. The zero-order valence-corrected chi connectivity index (χ0v) is 19.1. The molecule has 0 spiro atoms. The summed E-state index contributed by atoms with van der Waals surface area (Å²) in [6, 6.07) is 19.2. The Labute approximate surface area is 190 Å². The third-order valence-corrected chi connectivity index (χ3v) is 4.74. The molecule has 31 heavy (non-hydrogen) atoms. The average molecular weight is 457 g/mol. The summed E-state index contributed by atoms with van der Waals surface area (Å²) in [6.45, 7) is 5.79. The van der Waals surface area contributed by atoms with Crippen LogP contribution in [0.4, 0.5) is 0 Å². The maximum Gasteiger partial charge on any atom is 0.341 e. The minimum atomic E-state index is -0.221. The molecule has 1 aromatic heterocycles. The Kier molecular flexibility index (Phi) is 13.0. The molecule has 0 bridgehead atoms. The monoisotopic (exact) mass is 456 g/mol. The van der Waals surface area contributed by atoms with Crippen LogP contribution in [0.2, 0.25) is 0 Å². The number of nitrogens with zero attached hydrogens (tertiary/aromatic N) is 4. The molecule has 0 N–H and O–H groups in total. The summed E-state index contributed by atoms with van der Waals surface area (Å²) in [5.74, 6) is 0. The van der Waals surface area contributed by atoms with Crippen LogP contribution >= 0.6 is 23.8 Å². The second-order valence-electron chi connectivity index (χ2n) is 5.86. The molecule has 0 aliphatic heterocycles. The molecule has 0 amide bonds. The standard InChI is InChI=1S/C11H12N2O2S.C8H7NO.C3H5NS/c1-2-12-10(14)13(16-11(12)15)8-9-6-4-3-5-7-9;10-7-9-6-8-4-2-1-3-5-8;1-2-4-3-5/h3-7H,2,8H2,1H3;1-5H,6H2;2H2,1H3. The van der Waals surface area contributed by atoms with Gasteiger partial charge in [-0.05, 0) is 37.2 Å². The summed E-state index contributed by atoms with van der Waals surface area (Å²) in [5.41, 5.74) is 1.83. The van der Waals surface area contributed by atoms with Crippen LogP contribution in [-0.4, -0.2) is 26.3 Å². The first-order valence-electron chi connectivity index (χ1n) is 9.53. The molecular weight excluding hydrogens is 432 g/mol. The molecule has 0 aliphatic rings. The first-order chi connectivity index (χ1) is 15.1. The normalized spacial score (nSPS) is 9.10. The predicted molar refractivity (Wildman–Crippen MR) is 128 cm³/mol. The van der Waals surface area contributed by atoms with Gasteiger partial charge in [0.05, 0.1) is 18.3 Å². The number of rotatable bonds is 6. The van der Waals surface area contributed by atoms with Crippen molar-refractivity contribution in [1.82, 2.24) is 8.52 Å². The summed E-state index contributed by atoms with van der Waals surface area (Å²) in [5, 5.41) is 2.23. The summed E-state index contributed by atoms with van der Waals surface area (Å²) in [7, 11) is 0. The van der Waals surface area contributed by atoms with Gasteiger partial charge in [0.2, 0.25) is 6.08 Å². The minimum Gasteiger partial charge on any atom is -0.255 e. The summed E-state index contributed by atoms with van der Waals surface area (Å²) in [6.07, 6.45) is 1.49. The molecule has 9 heteroatoms. The Balaban J connectivity index is 0.000000273. The van der Waals surface area contributed by atoms with Crippen LogP contribution in [0.1, 0.15) is 25.0 Å². The lowest BCUT2D eigenvalue weighted by Gasteiger charge is -1.99. The Bertz CT molecular complexity index is 1110. The van der Waals surface area contributed by atoms with Crippen molar-refractivity contribution in [3.05, 3.63) is 91.9 Å². The van der Waals surface area contributed by atoms with E-state index in [1.165, 1.54) is 14.6 Å². The van der Waals surface area contributed by atoms with Gasteiger partial charge in [-0.3, -0.25) is 4.79 Å². The van der Waals surface area contributed by atoms with Gasteiger partial charge in [-0.15, -0.1) is 0 Å². The first kappa shape index (κ1) is 25.8. The van der Waals surface area contributed by atoms with Gasteiger partial charge in [0, 0.05) is 24.6 Å². The van der Waals surface area contributed by atoms with E-state index < -0.39 is 0 Å². The largest absolute Gasteiger partial charge is 0.341 e. The Morgan fingerprint density at radius 1 is 0.935 bits per heavy atom. The molecule has 0 aliphatic carbocycles. The second-order valence-corrected chi connectivity index (χ2v) is 7.02. The van der Waals surface area contributed by atoms with E-state index >= 15 is 0 Å². The number of hydrogen-bond acceptors (Lipinski definition) is 7. The van der Waals surface area contributed by atoms with Crippen molar-refractivity contribution in [1.29, 1.82) is 0 Å². The molecule has 3 aromatic rings. The number of isocyanates is 1. The predicted octanol–water partition coefficient (Wildman–Crippen LogP) is 3.77. The highest BCUT2D eigenvalue weighted by atomic mass is 32.1. The fourth-order valence-corrected chi connectivity index (χ4v) is 3.29. The molecule has 0 unspecified atom stereocenters. The molecular formula is C22H24N4O3S2. The van der Waals surface area contributed by atoms with Crippen LogP contribution in [0.25, 0.3) is 0 Å². The topological polar surface area (TPSA) is 85.8 Å². The van der Waals surface area contributed by atoms with E-state index in [2.05, 4.69) is 27.4 Å². The fourth-order valence-electron chi connectivity index (χ4n) is 2.28. The Morgan fingerprint density at radius 3 is 1.94 bits per heavy atom. The van der Waals surface area contributed by atoms with Gasteiger partial charge < -0.3 is 0 Å². The lowest BCUT2D eigenvalue weighted by atomic mass is 10.2. The zero-order valence-electron chi connectivity index (χ0n) is 17.4. The van der Waals surface area contributed by atoms with Gasteiger partial charge in [0.1, 0.15) is 0 Å². The van der Waals surface area contributed by atoms with Crippen molar-refractivity contribution in [2.45, 2.75) is 33.5 Å². The Hall–Kier alpha value is -3.22. The molecule has 0 radical (unpaired) electrons. The van der Waals surface area contributed by atoms with Crippen molar-refractivity contribution < 1.29 is 4.79 Å². The number of aliphatic imine (C=N–C) groups is 2. The van der Waals surface area contributed by atoms with Crippen LogP contribution in [-0.2, 0) is 24.4 Å². The minimum absolute atomic E-state index is 0.191. The second kappa shape index (κ2) is 15.6. The van der Waals surface area contributed by atoms with Crippen LogP contribution in [0, 0.1) is 0 Å². The number of carbonyl (C=O) groups excluding carboxylic acids is 1. The summed E-state index contributed by atoms with van der Waals surface area (Å²) >= 11 is 5.21. The van der Waals surface area contributed by atoms with E-state index in [0.717, 1.165) is 29.2 Å². The van der Waals surface area contributed by atoms with Crippen molar-refractivity contribution >= 4 is 35.0 Å². The van der Waals surface area contributed by atoms with Crippen LogP contribution in [0.3, 0.4) is 0 Å². The van der Waals surface area contributed by atoms with Crippen molar-refractivity contribution in [3.63, 3.8) is 0 Å². The van der Waals surface area contributed by atoms with E-state index in [1.54, 1.807) is 6.92 Å². The van der Waals surface area contributed by atoms with Crippen molar-refractivity contribution in [2.75, 3.05) is 6.54 Å². The summed E-state index contributed by atoms with van der Waals surface area (Å²) < 4.78 is 2.73. The quantitative estimate of drug-likeness (QED) is 0.321. The van der Waals surface area contributed by atoms with Crippen LogP contribution in [0.5, 0.6) is 0 Å². The molecule has 0 saturated carbocycles. The third kappa shape index (κ3) is 9.89. The lowest BCUT2D eigenvalue weighted by molar-refractivity contribution is 0.563. The maximum atomic E-state index is 11.8. The van der Waals surface area contributed by atoms with Gasteiger partial charge in [-0.1, -0.05) is 60.7 Å². The van der Waals surface area contributed by atoms with E-state index in [1.807, 2.05) is 67.6 Å². The van der Waals surface area contributed by atoms with Crippen molar-refractivity contribution in [2.24, 2.45) is 9.98 Å². The van der Waals surface area contributed by atoms with Gasteiger partial charge in [-0.25, -0.2) is 28.1 Å². The number of isothiocyanates is 1. The number of benzene rings is 2. The number of thiocarbonyl (C=S) groups is 1. The molecule has 2 aromatic carbocycles. The van der Waals surface area contributed by atoms with E-state index in [0.29, 0.717) is 19.6 Å². The van der Waals surface area contributed by atoms with E-state index in [-0.39, 0.29) is 10.6 Å². The van der Waals surface area contributed by atoms with Gasteiger partial charge in [0.15, 0.2) is 0 Å². The zero-order chi connectivity index (χ0) is 22.9. The first-order valence-corrected chi connectivity index (χ1v) is 10.7. The molecule has 0 atom stereocenters. The third-order valence-electron chi connectivity index (χ3n) is 3.73. The van der Waals surface area contributed by atoms with Gasteiger partial charge in [-0.2, -0.15) is 0 Å². The van der Waals surface area contributed by atoms with E-state index in [9.17, 15) is 14.4 Å². The maximum absolute atomic E-state index is 11.8. The van der Waals surface area contributed by atoms with E-state index in [4.69, 9.17) is 0 Å². The molecule has 0 saturated heterocycles. The SMILES string of the molecule is CCN=C=S.CCn1c(=O)sn(Cc2ccccc2)c1=O.O=C=NCc1ccccc1. The van der Waals surface area contributed by atoms with Gasteiger partial charge >= 0.3 is 10.6 Å². The number of hydrogen-bond donors (Lipinski definition) is 0. The van der Waals surface area contributed by atoms with Crippen LogP contribution in [0.15, 0.2) is 80.2 Å². The highest BCUT2D eigenvalue weighted by Gasteiger charge is 2.08. The fraction of sp³-hybridized carbons (Fsp3) is 0.273. The van der Waals surface area contributed by atoms with Crippen LogP contribution < -0.4 is 10.6 Å². The van der Waals surface area contributed by atoms with Gasteiger partial charge in [0.25, 0.3) is 0 Å².